The molecule has 0 aliphatic heterocycles. The van der Waals surface area contributed by atoms with E-state index in [4.69, 9.17) is 11.6 Å². The lowest BCUT2D eigenvalue weighted by Crippen LogP contribution is -2.48. The Bertz CT molecular complexity index is 974. The average Bonchev–Trinajstić information content (AvgIpc) is 3.10. The van der Waals surface area contributed by atoms with Gasteiger partial charge in [0.25, 0.3) is 0 Å². The van der Waals surface area contributed by atoms with Crippen molar-refractivity contribution < 1.29 is 13.2 Å². The number of aryl methyl sites for hydroxylation is 2. The summed E-state index contributed by atoms with van der Waals surface area (Å²) in [5, 5.41) is 3.45. The number of nitrogens with zero attached hydrogens (tertiary/aromatic N) is 1. The van der Waals surface area contributed by atoms with Crippen molar-refractivity contribution >= 4 is 33.2 Å². The van der Waals surface area contributed by atoms with Crippen LogP contribution in [0.2, 0.25) is 5.02 Å². The highest BCUT2D eigenvalue weighted by Gasteiger charge is 2.30. The Morgan fingerprint density at radius 3 is 2.36 bits per heavy atom. The van der Waals surface area contributed by atoms with Crippen molar-refractivity contribution in [1.82, 2.24) is 5.32 Å². The van der Waals surface area contributed by atoms with E-state index >= 15 is 0 Å². The van der Waals surface area contributed by atoms with Crippen molar-refractivity contribution in [2.45, 2.75) is 45.2 Å². The molecule has 0 saturated carbocycles. The molecule has 2 aromatic rings. The van der Waals surface area contributed by atoms with Crippen molar-refractivity contribution in [2.24, 2.45) is 0 Å². The molecule has 1 amide bonds. The maximum absolute atomic E-state index is 12.8. The molecule has 0 aromatic heterocycles. The first-order chi connectivity index (χ1) is 13.2. The molecule has 0 spiro atoms. The topological polar surface area (TPSA) is 66.5 Å². The Balaban J connectivity index is 1.78. The fourth-order valence-corrected chi connectivity index (χ4v) is 4.98. The van der Waals surface area contributed by atoms with Gasteiger partial charge in [0, 0.05) is 5.02 Å². The van der Waals surface area contributed by atoms with Crippen LogP contribution in [0.15, 0.2) is 42.5 Å². The van der Waals surface area contributed by atoms with Gasteiger partial charge < -0.3 is 5.32 Å². The summed E-state index contributed by atoms with van der Waals surface area (Å²) in [6, 6.07) is 11.6. The van der Waals surface area contributed by atoms with E-state index in [-0.39, 0.29) is 11.9 Å². The van der Waals surface area contributed by atoms with Crippen molar-refractivity contribution in [2.75, 3.05) is 10.6 Å². The molecule has 0 saturated heterocycles. The number of fused-ring (bicyclic) bond motifs is 1. The van der Waals surface area contributed by atoms with E-state index in [0.29, 0.717) is 10.7 Å². The van der Waals surface area contributed by atoms with Gasteiger partial charge in [0.15, 0.2) is 0 Å². The third-order valence-corrected chi connectivity index (χ3v) is 6.64. The molecular weight excluding hydrogens is 396 g/mol. The maximum Gasteiger partial charge on any atom is 0.244 e. The Morgan fingerprint density at radius 1 is 1.07 bits per heavy atom. The zero-order chi connectivity index (χ0) is 20.5. The molecule has 0 heterocycles. The molecule has 2 atom stereocenters. The zero-order valence-electron chi connectivity index (χ0n) is 16.3. The Kier molecular flexibility index (Phi) is 6.01. The number of anilines is 1. The molecule has 3 rings (SSSR count). The molecule has 150 valence electrons. The molecule has 1 N–H and O–H groups in total. The highest BCUT2D eigenvalue weighted by Crippen LogP contribution is 2.26. The van der Waals surface area contributed by atoms with E-state index in [1.807, 2.05) is 13.0 Å². The van der Waals surface area contributed by atoms with Crippen LogP contribution in [0.4, 0.5) is 5.69 Å². The largest absolute Gasteiger partial charge is 0.348 e. The zero-order valence-corrected chi connectivity index (χ0v) is 17.8. The Hall–Kier alpha value is -2.05. The fourth-order valence-electron chi connectivity index (χ4n) is 3.68. The number of rotatable bonds is 6. The lowest BCUT2D eigenvalue weighted by Gasteiger charge is -2.29. The number of amides is 1. The van der Waals surface area contributed by atoms with Crippen LogP contribution in [-0.4, -0.2) is 26.6 Å². The molecule has 1 aliphatic rings. The molecule has 28 heavy (non-hydrogen) atoms. The van der Waals surface area contributed by atoms with Crippen molar-refractivity contribution in [3.05, 3.63) is 64.2 Å². The minimum absolute atomic E-state index is 0.215. The summed E-state index contributed by atoms with van der Waals surface area (Å²) in [6.07, 6.45) is 4.44. The number of carbonyl (C=O) groups excluding carboxylic acids is 1. The second-order valence-electron chi connectivity index (χ2n) is 7.32. The summed E-state index contributed by atoms with van der Waals surface area (Å²) >= 11 is 5.90. The molecular formula is C21H25ClN2O3S. The molecule has 5 nitrogen and oxygen atoms in total. The van der Waals surface area contributed by atoms with Gasteiger partial charge in [-0.2, -0.15) is 0 Å². The summed E-state index contributed by atoms with van der Waals surface area (Å²) in [5.74, 6) is -0.353. The molecule has 2 aromatic carbocycles. The summed E-state index contributed by atoms with van der Waals surface area (Å²) in [6.45, 7) is 3.49. The summed E-state index contributed by atoms with van der Waals surface area (Å²) < 4.78 is 25.8. The second kappa shape index (κ2) is 8.13. The van der Waals surface area contributed by atoms with Gasteiger partial charge in [0.1, 0.15) is 6.04 Å². The van der Waals surface area contributed by atoms with Gasteiger partial charge >= 0.3 is 0 Å². The first-order valence-corrected chi connectivity index (χ1v) is 11.6. The van der Waals surface area contributed by atoms with Crippen LogP contribution in [0.25, 0.3) is 0 Å². The van der Waals surface area contributed by atoms with E-state index < -0.39 is 16.1 Å². The van der Waals surface area contributed by atoms with Gasteiger partial charge in [-0.15, -0.1) is 0 Å². The highest BCUT2D eigenvalue weighted by atomic mass is 35.5. The third-order valence-electron chi connectivity index (χ3n) is 5.15. The first kappa shape index (κ1) is 20.7. The highest BCUT2D eigenvalue weighted by molar-refractivity contribution is 7.92. The van der Waals surface area contributed by atoms with Crippen LogP contribution >= 0.6 is 11.6 Å². The number of nitrogens with one attached hydrogen (secondary N) is 1. The molecule has 0 fully saturated rings. The van der Waals surface area contributed by atoms with Crippen LogP contribution in [-0.2, 0) is 27.7 Å². The van der Waals surface area contributed by atoms with Crippen LogP contribution in [0, 0.1) is 0 Å². The monoisotopic (exact) mass is 420 g/mol. The van der Waals surface area contributed by atoms with Gasteiger partial charge in [-0.05, 0) is 74.1 Å². The number of sulfonamides is 1. The number of carbonyl (C=O) groups is 1. The SMILES string of the molecule is C[C@H](NC(=O)[C@@H](C)N(c1ccc(Cl)cc1)S(C)(=O)=O)c1ccc2c(c1)CCC2. The van der Waals surface area contributed by atoms with Crippen LogP contribution in [0.1, 0.15) is 43.0 Å². The molecule has 7 heteroatoms. The Morgan fingerprint density at radius 2 is 1.71 bits per heavy atom. The summed E-state index contributed by atoms with van der Waals surface area (Å²) in [5.41, 5.74) is 4.14. The van der Waals surface area contributed by atoms with E-state index in [9.17, 15) is 13.2 Å². The van der Waals surface area contributed by atoms with E-state index in [2.05, 4.69) is 17.4 Å². The third kappa shape index (κ3) is 4.50. The summed E-state index contributed by atoms with van der Waals surface area (Å²) in [7, 11) is -3.65. The number of benzene rings is 2. The molecule has 0 bridgehead atoms. The summed E-state index contributed by atoms with van der Waals surface area (Å²) in [4.78, 5) is 12.8. The molecule has 0 unspecified atom stereocenters. The minimum Gasteiger partial charge on any atom is -0.348 e. The smallest absolute Gasteiger partial charge is 0.244 e. The van der Waals surface area contributed by atoms with Gasteiger partial charge in [-0.1, -0.05) is 29.8 Å². The Labute approximate surface area is 171 Å². The van der Waals surface area contributed by atoms with Gasteiger partial charge in [0.2, 0.25) is 15.9 Å². The normalized spacial score (nSPS) is 15.6. The van der Waals surface area contributed by atoms with Crippen LogP contribution in [0.5, 0.6) is 0 Å². The maximum atomic E-state index is 12.8. The lowest BCUT2D eigenvalue weighted by molar-refractivity contribution is -0.122. The van der Waals surface area contributed by atoms with E-state index in [0.717, 1.165) is 29.0 Å². The predicted molar refractivity (Wildman–Crippen MR) is 113 cm³/mol. The predicted octanol–water partition coefficient (Wildman–Crippen LogP) is 3.86. The van der Waals surface area contributed by atoms with Crippen LogP contribution < -0.4 is 9.62 Å². The molecule has 1 aliphatic carbocycles. The van der Waals surface area contributed by atoms with Crippen molar-refractivity contribution in [3.63, 3.8) is 0 Å². The first-order valence-electron chi connectivity index (χ1n) is 9.34. The van der Waals surface area contributed by atoms with Gasteiger partial charge in [0.05, 0.1) is 18.0 Å². The second-order valence-corrected chi connectivity index (χ2v) is 9.62. The van der Waals surface area contributed by atoms with Gasteiger partial charge in [-0.3, -0.25) is 9.10 Å². The van der Waals surface area contributed by atoms with Crippen molar-refractivity contribution in [1.29, 1.82) is 0 Å². The lowest BCUT2D eigenvalue weighted by atomic mass is 10.0. The van der Waals surface area contributed by atoms with E-state index in [1.54, 1.807) is 31.2 Å². The number of halogens is 1. The van der Waals surface area contributed by atoms with E-state index in [1.165, 1.54) is 17.5 Å². The number of hydrogen-bond acceptors (Lipinski definition) is 3. The standard InChI is InChI=1S/C21H25ClN2O3S/c1-14(17-8-7-16-5-4-6-18(16)13-17)23-21(25)15(2)24(28(3,26)27)20-11-9-19(22)10-12-20/h7-15H,4-6H2,1-3H3,(H,23,25)/t14-,15+/m0/s1. The van der Waals surface area contributed by atoms with Crippen molar-refractivity contribution in [3.8, 4) is 0 Å². The average molecular weight is 421 g/mol. The van der Waals surface area contributed by atoms with Gasteiger partial charge in [-0.25, -0.2) is 8.42 Å². The number of hydrogen-bond donors (Lipinski definition) is 1. The molecule has 0 radical (unpaired) electrons. The van der Waals surface area contributed by atoms with Crippen LogP contribution in [0.3, 0.4) is 0 Å². The quantitative estimate of drug-likeness (QED) is 0.771. The fraction of sp³-hybridized carbons (Fsp3) is 0.381. The minimum atomic E-state index is -3.65.